The summed E-state index contributed by atoms with van der Waals surface area (Å²) in [5, 5.41) is 6.85. The van der Waals surface area contributed by atoms with Crippen molar-refractivity contribution in [2.45, 2.75) is 153 Å². The number of rotatable bonds is 1. The minimum atomic E-state index is -0.902. The van der Waals surface area contributed by atoms with Crippen LogP contribution < -0.4 is 16.4 Å². The van der Waals surface area contributed by atoms with Crippen molar-refractivity contribution < 1.29 is 14.4 Å². The molecule has 222 valence electrons. The lowest BCUT2D eigenvalue weighted by Crippen LogP contribution is -2.61. The molecule has 2 heterocycles. The minimum absolute atomic E-state index is 0.0322. The van der Waals surface area contributed by atoms with E-state index in [9.17, 15) is 14.4 Å². The molecule has 0 fully saturated rings. The highest BCUT2D eigenvalue weighted by molar-refractivity contribution is 5.94. The maximum absolute atomic E-state index is 14.1. The molecule has 0 amide bonds. The zero-order valence-electron chi connectivity index (χ0n) is 25.3. The van der Waals surface area contributed by atoms with Gasteiger partial charge in [0, 0.05) is 0 Å². The van der Waals surface area contributed by atoms with Crippen molar-refractivity contribution in [1.29, 1.82) is 0 Å². The van der Waals surface area contributed by atoms with Crippen LogP contribution in [0.5, 0.6) is 0 Å². The normalized spacial score (nSPS) is 34.4. The minimum Gasteiger partial charge on any atom is -0.319 e. The maximum atomic E-state index is 14.1. The number of Topliss-reactive ketones (excluding diaryl/α,β-unsaturated/α-hetero) is 3. The van der Waals surface area contributed by atoms with Crippen molar-refractivity contribution >= 4 is 17.3 Å². The summed E-state index contributed by atoms with van der Waals surface area (Å²) in [4.78, 5) is 40.0. The van der Waals surface area contributed by atoms with Gasteiger partial charge in [0.05, 0.1) is 29.7 Å². The lowest BCUT2D eigenvalue weighted by Gasteiger charge is -2.37. The summed E-state index contributed by atoms with van der Waals surface area (Å²) < 4.78 is 0. The Bertz CT molecular complexity index is 826. The number of allylic oxidation sites excluding steroid dienone is 4. The van der Waals surface area contributed by atoms with Gasteiger partial charge in [0.1, 0.15) is 5.78 Å². The van der Waals surface area contributed by atoms with Crippen molar-refractivity contribution in [2.75, 3.05) is 13.1 Å². The zero-order valence-corrected chi connectivity index (χ0v) is 25.3. The first kappa shape index (κ1) is 33.6. The van der Waals surface area contributed by atoms with Crippen molar-refractivity contribution in [3.05, 3.63) is 24.3 Å². The number of nitrogens with two attached hydrogens (primary N) is 1. The molecule has 0 saturated carbocycles. The van der Waals surface area contributed by atoms with Crippen LogP contribution in [0, 0.1) is 0 Å². The molecule has 0 aromatic heterocycles. The quantitative estimate of drug-likeness (QED) is 0.337. The third kappa shape index (κ3) is 11.8. The third-order valence-electron chi connectivity index (χ3n) is 9.07. The van der Waals surface area contributed by atoms with Crippen LogP contribution in [0.4, 0.5) is 0 Å². The molecule has 0 aromatic rings. The Morgan fingerprint density at radius 3 is 1.64 bits per heavy atom. The fourth-order valence-electron chi connectivity index (χ4n) is 5.82. The summed E-state index contributed by atoms with van der Waals surface area (Å²) in [6.07, 6.45) is 26.1. The van der Waals surface area contributed by atoms with Gasteiger partial charge in [-0.15, -0.1) is 0 Å². The summed E-state index contributed by atoms with van der Waals surface area (Å²) in [6.45, 7) is 5.59. The van der Waals surface area contributed by atoms with Crippen molar-refractivity contribution in [3.63, 3.8) is 0 Å². The Kier molecular flexibility index (Phi) is 14.8. The molecule has 6 heteroatoms. The molecule has 3 atom stereocenters. The summed E-state index contributed by atoms with van der Waals surface area (Å²) >= 11 is 0. The van der Waals surface area contributed by atoms with Crippen molar-refractivity contribution in [1.82, 2.24) is 10.6 Å². The lowest BCUT2D eigenvalue weighted by atomic mass is 9.81. The second kappa shape index (κ2) is 17.2. The highest BCUT2D eigenvalue weighted by Gasteiger charge is 2.40. The number of carbonyl (C=O) groups excluding carboxylic acids is 3. The Labute approximate surface area is 238 Å². The molecule has 0 aliphatic carbocycles. The zero-order chi connectivity index (χ0) is 28.6. The molecule has 6 nitrogen and oxygen atoms in total. The Morgan fingerprint density at radius 1 is 0.641 bits per heavy atom. The van der Waals surface area contributed by atoms with Gasteiger partial charge in [0.25, 0.3) is 0 Å². The monoisotopic (exact) mass is 543 g/mol. The summed E-state index contributed by atoms with van der Waals surface area (Å²) in [5.74, 6) is 0.0801. The molecule has 4 N–H and O–H groups in total. The van der Waals surface area contributed by atoms with E-state index in [0.29, 0.717) is 19.3 Å². The molecule has 0 saturated heterocycles. The molecule has 0 bridgehead atoms. The van der Waals surface area contributed by atoms with Crippen molar-refractivity contribution in [2.24, 2.45) is 5.73 Å². The molecule has 39 heavy (non-hydrogen) atoms. The number of hydrogen-bond donors (Lipinski definition) is 3. The van der Waals surface area contributed by atoms with Gasteiger partial charge in [0.2, 0.25) is 0 Å². The van der Waals surface area contributed by atoms with E-state index < -0.39 is 16.6 Å². The first-order chi connectivity index (χ1) is 18.6. The van der Waals surface area contributed by atoms with Gasteiger partial charge in [-0.3, -0.25) is 25.0 Å². The maximum Gasteiger partial charge on any atom is 0.166 e. The SMILES string of the molecule is CC(=O)[C@]1(C)CCCCCC/C=C\CCC[C@]2(CCC/C=C\CCCCCC[C@@](C)(N)C(=O)CN2)C(=O)CN1. The third-order valence-corrected chi connectivity index (χ3v) is 9.07. The molecule has 0 unspecified atom stereocenters. The Morgan fingerprint density at radius 2 is 1.10 bits per heavy atom. The Balaban J connectivity index is 2.33. The lowest BCUT2D eigenvalue weighted by molar-refractivity contribution is -0.128. The highest BCUT2D eigenvalue weighted by Crippen LogP contribution is 2.26. The number of carbonyl (C=O) groups is 3. The smallest absolute Gasteiger partial charge is 0.166 e. The van der Waals surface area contributed by atoms with E-state index in [1.54, 1.807) is 6.92 Å². The fraction of sp³-hybridized carbons (Fsp3) is 0.788. The van der Waals surface area contributed by atoms with Crippen LogP contribution in [0.3, 0.4) is 0 Å². The molecular weight excluding hydrogens is 486 g/mol. The molecule has 0 aromatic carbocycles. The second-order valence-electron chi connectivity index (χ2n) is 12.6. The van der Waals surface area contributed by atoms with E-state index in [0.717, 1.165) is 96.3 Å². The van der Waals surface area contributed by atoms with Gasteiger partial charge in [-0.2, -0.15) is 0 Å². The van der Waals surface area contributed by atoms with Gasteiger partial charge < -0.3 is 5.73 Å². The predicted octanol–water partition coefficient (Wildman–Crippen LogP) is 6.27. The van der Waals surface area contributed by atoms with Gasteiger partial charge in [0.15, 0.2) is 11.6 Å². The van der Waals surface area contributed by atoms with E-state index in [1.807, 2.05) is 13.8 Å². The van der Waals surface area contributed by atoms with Crippen molar-refractivity contribution in [3.8, 4) is 0 Å². The van der Waals surface area contributed by atoms with E-state index in [2.05, 4.69) is 34.9 Å². The van der Waals surface area contributed by atoms with Crippen LogP contribution in [0.15, 0.2) is 24.3 Å². The van der Waals surface area contributed by atoms with Crippen LogP contribution in [-0.2, 0) is 14.4 Å². The number of nitrogens with one attached hydrogen (secondary N) is 2. The number of ketones is 3. The Hall–Kier alpha value is -1.63. The van der Waals surface area contributed by atoms with Crippen LogP contribution in [0.2, 0.25) is 0 Å². The standard InChI is InChI=1S/C33H57N3O3/c1-28(37)32(3)23-19-15-11-7-5-9-13-17-21-25-33(30(39)27-35-32)24-20-16-12-8-4-6-10-14-18-22-31(2,34)29(38)26-36-33/h8-9,12-13,35-36H,4-7,10-11,14-27,34H2,1-3H3/b12-8-,13-9-/t31-,32+,33-/m1/s1. The van der Waals surface area contributed by atoms with Gasteiger partial charge >= 0.3 is 0 Å². The largest absolute Gasteiger partial charge is 0.319 e. The molecule has 2 rings (SSSR count). The molecule has 1 spiro atoms. The molecule has 2 aliphatic rings. The average molecular weight is 544 g/mol. The highest BCUT2D eigenvalue weighted by atomic mass is 16.1. The summed E-state index contributed by atoms with van der Waals surface area (Å²) in [7, 11) is 0. The summed E-state index contributed by atoms with van der Waals surface area (Å²) in [6, 6.07) is 0. The van der Waals surface area contributed by atoms with Crippen LogP contribution in [-0.4, -0.2) is 47.1 Å². The fourth-order valence-corrected chi connectivity index (χ4v) is 5.82. The van der Waals surface area contributed by atoms with Crippen LogP contribution in [0.1, 0.15) is 136 Å². The topological polar surface area (TPSA) is 101 Å². The van der Waals surface area contributed by atoms with E-state index in [-0.39, 0.29) is 30.4 Å². The molecule has 2 aliphatic heterocycles. The van der Waals surface area contributed by atoms with Gasteiger partial charge in [-0.25, -0.2) is 0 Å². The van der Waals surface area contributed by atoms with Crippen LogP contribution >= 0.6 is 0 Å². The van der Waals surface area contributed by atoms with Gasteiger partial charge in [-0.1, -0.05) is 62.8 Å². The van der Waals surface area contributed by atoms with E-state index >= 15 is 0 Å². The first-order valence-corrected chi connectivity index (χ1v) is 15.8. The molecule has 0 radical (unpaired) electrons. The van der Waals surface area contributed by atoms with Crippen LogP contribution in [0.25, 0.3) is 0 Å². The first-order valence-electron chi connectivity index (χ1n) is 15.8. The molecular formula is C33H57N3O3. The number of hydrogen-bond acceptors (Lipinski definition) is 6. The second-order valence-corrected chi connectivity index (χ2v) is 12.6. The van der Waals surface area contributed by atoms with Gasteiger partial charge in [-0.05, 0) is 97.8 Å². The average Bonchev–Trinajstić information content (AvgIpc) is 2.90. The summed E-state index contributed by atoms with van der Waals surface area (Å²) in [5.41, 5.74) is 4.05. The van der Waals surface area contributed by atoms with E-state index in [1.165, 1.54) is 0 Å². The predicted molar refractivity (Wildman–Crippen MR) is 162 cm³/mol. The van der Waals surface area contributed by atoms with E-state index in [4.69, 9.17) is 5.73 Å².